The van der Waals surface area contributed by atoms with E-state index in [1.807, 2.05) is 17.5 Å². The molecule has 1 unspecified atom stereocenters. The van der Waals surface area contributed by atoms with Gasteiger partial charge in [0.05, 0.1) is 6.42 Å². The summed E-state index contributed by atoms with van der Waals surface area (Å²) in [4.78, 5) is 38.8. The fourth-order valence-corrected chi connectivity index (χ4v) is 6.01. The van der Waals surface area contributed by atoms with Crippen molar-refractivity contribution in [3.8, 4) is 0 Å². The number of halogens is 1. The summed E-state index contributed by atoms with van der Waals surface area (Å²) in [6, 6.07) is 3.69. The molecule has 1 aromatic rings. The van der Waals surface area contributed by atoms with Crippen molar-refractivity contribution in [3.63, 3.8) is 0 Å². The fourth-order valence-electron chi connectivity index (χ4n) is 2.87. The van der Waals surface area contributed by atoms with E-state index in [9.17, 15) is 19.5 Å². The summed E-state index contributed by atoms with van der Waals surface area (Å²) in [5.41, 5.74) is -0.822. The molecule has 25 heavy (non-hydrogen) atoms. The molecule has 1 saturated heterocycles. The number of nitrogens with one attached hydrogen (secondary N) is 1. The smallest absolute Gasteiger partial charge is 0.352 e. The van der Waals surface area contributed by atoms with Gasteiger partial charge in [-0.05, 0) is 17.0 Å². The number of carbonyl (C=O) groups excluding carboxylic acids is 2. The van der Waals surface area contributed by atoms with Crippen LogP contribution >= 0.6 is 45.7 Å². The summed E-state index contributed by atoms with van der Waals surface area (Å²) in [5.74, 6) is -1.55. The lowest BCUT2D eigenvalue weighted by molar-refractivity contribution is -0.192. The van der Waals surface area contributed by atoms with Gasteiger partial charge in [0, 0.05) is 22.2 Å². The molecule has 0 aliphatic carbocycles. The van der Waals surface area contributed by atoms with Gasteiger partial charge in [0.25, 0.3) is 11.6 Å². The molecule has 1 fully saturated rings. The van der Waals surface area contributed by atoms with Crippen molar-refractivity contribution >= 4 is 63.5 Å². The Kier molecular flexibility index (Phi) is 5.42. The molecule has 2 aliphatic rings. The second-order valence-corrected chi connectivity index (χ2v) is 8.34. The predicted octanol–water partition coefficient (Wildman–Crippen LogP) is 1.44. The number of thiophene rings is 1. The minimum atomic E-state index is -1.52. The number of fused-ring (bicyclic) bond motifs is 1. The lowest BCUT2D eigenvalue weighted by Gasteiger charge is -2.55. The van der Waals surface area contributed by atoms with Crippen LogP contribution in [-0.2, 0) is 25.5 Å². The molecule has 2 amide bonds. The highest BCUT2D eigenvalue weighted by atomic mass is 127. The van der Waals surface area contributed by atoms with Crippen molar-refractivity contribution in [3.05, 3.63) is 33.7 Å². The number of carbonyl (C=O) groups is 3. The maximum absolute atomic E-state index is 12.7. The number of rotatable bonds is 6. The highest BCUT2D eigenvalue weighted by molar-refractivity contribution is 14.1. The molecular formula is C15H15IN2O5S2. The molecule has 0 radical (unpaired) electrons. The van der Waals surface area contributed by atoms with Crippen LogP contribution in [0.15, 0.2) is 28.8 Å². The second-order valence-electron chi connectivity index (χ2n) is 5.47. The molecule has 2 atom stereocenters. The summed E-state index contributed by atoms with van der Waals surface area (Å²) < 4.78 is 5.91. The molecule has 0 bridgehead atoms. The average Bonchev–Trinajstić information content (AvgIpc) is 3.10. The predicted molar refractivity (Wildman–Crippen MR) is 103 cm³/mol. The molecule has 0 spiro atoms. The first-order chi connectivity index (χ1) is 11.9. The highest BCUT2D eigenvalue weighted by Gasteiger charge is 2.66. The summed E-state index contributed by atoms with van der Waals surface area (Å²) in [7, 11) is 1.35. The normalized spacial score (nSPS) is 25.4. The summed E-state index contributed by atoms with van der Waals surface area (Å²) in [6.45, 7) is 0. The Morgan fingerprint density at radius 3 is 2.88 bits per heavy atom. The number of carboxylic acid groups (broad SMARTS) is 1. The molecule has 3 heterocycles. The van der Waals surface area contributed by atoms with Crippen molar-refractivity contribution < 1.29 is 24.2 Å². The van der Waals surface area contributed by atoms with Crippen LogP contribution in [0.1, 0.15) is 4.88 Å². The molecule has 10 heteroatoms. The molecule has 3 rings (SSSR count). The van der Waals surface area contributed by atoms with E-state index in [1.54, 1.807) is 0 Å². The molecule has 7 nitrogen and oxygen atoms in total. The van der Waals surface area contributed by atoms with Crippen molar-refractivity contribution in [1.82, 2.24) is 10.2 Å². The maximum Gasteiger partial charge on any atom is 0.352 e. The lowest BCUT2D eigenvalue weighted by Crippen LogP contribution is -2.80. The Balaban J connectivity index is 1.82. The van der Waals surface area contributed by atoms with E-state index in [4.69, 9.17) is 4.74 Å². The van der Waals surface area contributed by atoms with Gasteiger partial charge < -0.3 is 15.2 Å². The van der Waals surface area contributed by atoms with Crippen LogP contribution < -0.4 is 5.32 Å². The van der Waals surface area contributed by atoms with Gasteiger partial charge in [-0.3, -0.25) is 14.5 Å². The van der Waals surface area contributed by atoms with Crippen LogP contribution in [0.2, 0.25) is 0 Å². The lowest BCUT2D eigenvalue weighted by atomic mass is 9.98. The number of methoxy groups -OCH3 is 1. The average molecular weight is 494 g/mol. The van der Waals surface area contributed by atoms with Crippen LogP contribution in [0, 0.1) is 0 Å². The van der Waals surface area contributed by atoms with Gasteiger partial charge in [0.1, 0.15) is 11.1 Å². The van der Waals surface area contributed by atoms with Gasteiger partial charge >= 0.3 is 5.97 Å². The Morgan fingerprint density at radius 1 is 1.56 bits per heavy atom. The van der Waals surface area contributed by atoms with Gasteiger partial charge in [-0.1, -0.05) is 28.7 Å². The minimum Gasteiger partial charge on any atom is -0.477 e. The molecule has 2 N–H and O–H groups in total. The molecule has 0 aromatic carbocycles. The maximum atomic E-state index is 12.7. The van der Waals surface area contributed by atoms with E-state index in [0.717, 1.165) is 4.88 Å². The number of amides is 2. The van der Waals surface area contributed by atoms with Crippen molar-refractivity contribution in [1.29, 1.82) is 0 Å². The van der Waals surface area contributed by atoms with Crippen LogP contribution in [0.4, 0.5) is 0 Å². The van der Waals surface area contributed by atoms with E-state index in [2.05, 4.69) is 27.9 Å². The standard InChI is InChI=1S/C15H15IN2O5S2/c1-23-15(17-10(19)5-9-3-2-4-24-9)13(22)18-11(12(20)21)8(6-16)7-25-14(15)18/h2-4,14H,5-7H2,1H3,(H,17,19)(H,20,21)/t14-,15?/m1/s1. The van der Waals surface area contributed by atoms with Crippen molar-refractivity contribution in [2.75, 3.05) is 17.3 Å². The molecule has 0 saturated carbocycles. The molecule has 1 aromatic heterocycles. The third-order valence-electron chi connectivity index (χ3n) is 4.04. The SMILES string of the molecule is COC1(NC(=O)Cc2cccs2)C(=O)N2C(C(=O)O)=C(CI)CS[C@@H]21. The first-order valence-electron chi connectivity index (χ1n) is 7.29. The van der Waals surface area contributed by atoms with Crippen molar-refractivity contribution in [2.24, 2.45) is 0 Å². The van der Waals surface area contributed by atoms with Gasteiger partial charge in [-0.2, -0.15) is 0 Å². The van der Waals surface area contributed by atoms with Crippen LogP contribution in [0.25, 0.3) is 0 Å². The Labute approximate surface area is 165 Å². The molecule has 2 aliphatic heterocycles. The van der Waals surface area contributed by atoms with Gasteiger partial charge in [0.15, 0.2) is 0 Å². The molecule has 134 valence electrons. The van der Waals surface area contributed by atoms with E-state index in [1.165, 1.54) is 35.1 Å². The zero-order valence-electron chi connectivity index (χ0n) is 13.2. The summed E-state index contributed by atoms with van der Waals surface area (Å²) in [6.07, 6.45) is 0.147. The first-order valence-corrected chi connectivity index (χ1v) is 10.7. The molecular weight excluding hydrogens is 479 g/mol. The minimum absolute atomic E-state index is 0.00308. The van der Waals surface area contributed by atoms with E-state index in [0.29, 0.717) is 15.8 Å². The summed E-state index contributed by atoms with van der Waals surface area (Å²) in [5, 5.41) is 13.4. The fraction of sp³-hybridized carbons (Fsp3) is 0.400. The van der Waals surface area contributed by atoms with E-state index >= 15 is 0 Å². The highest BCUT2D eigenvalue weighted by Crippen LogP contribution is 2.46. The number of β-lactam (4-membered cyclic amide) rings is 1. The number of ether oxygens (including phenoxy) is 1. The number of hydrogen-bond acceptors (Lipinski definition) is 6. The number of hydrogen-bond donors (Lipinski definition) is 2. The third-order valence-corrected chi connectivity index (χ3v) is 7.21. The Bertz CT molecular complexity index is 751. The Morgan fingerprint density at radius 2 is 2.32 bits per heavy atom. The zero-order chi connectivity index (χ0) is 18.2. The van der Waals surface area contributed by atoms with Gasteiger partial charge in [-0.15, -0.1) is 23.1 Å². The Hall–Kier alpha value is -1.11. The monoisotopic (exact) mass is 494 g/mol. The van der Waals surface area contributed by atoms with Crippen molar-refractivity contribution in [2.45, 2.75) is 17.5 Å². The van der Waals surface area contributed by atoms with Gasteiger partial charge in [0.2, 0.25) is 5.91 Å². The number of carboxylic acids is 1. The number of nitrogens with zero attached hydrogens (tertiary/aromatic N) is 1. The zero-order valence-corrected chi connectivity index (χ0v) is 16.9. The van der Waals surface area contributed by atoms with E-state index in [-0.39, 0.29) is 18.0 Å². The second kappa shape index (κ2) is 7.25. The largest absolute Gasteiger partial charge is 0.477 e. The quantitative estimate of drug-likeness (QED) is 0.269. The number of alkyl halides is 1. The number of aliphatic carboxylic acids is 1. The first kappa shape index (κ1) is 18.7. The van der Waals surface area contributed by atoms with E-state index < -0.39 is 23.0 Å². The summed E-state index contributed by atoms with van der Waals surface area (Å²) >= 11 is 4.93. The third kappa shape index (κ3) is 3.09. The van der Waals surface area contributed by atoms with Crippen LogP contribution in [0.3, 0.4) is 0 Å². The van der Waals surface area contributed by atoms with Crippen LogP contribution in [0.5, 0.6) is 0 Å². The number of thioether (sulfide) groups is 1. The van der Waals surface area contributed by atoms with Gasteiger partial charge in [-0.25, -0.2) is 4.79 Å². The van der Waals surface area contributed by atoms with Crippen LogP contribution in [-0.4, -0.2) is 56.2 Å². The topological polar surface area (TPSA) is 95.9 Å².